The van der Waals surface area contributed by atoms with Crippen LogP contribution in [0, 0.1) is 6.92 Å². The maximum atomic E-state index is 10.5. The van der Waals surface area contributed by atoms with Gasteiger partial charge in [0.15, 0.2) is 0 Å². The van der Waals surface area contributed by atoms with Crippen LogP contribution in [0.5, 0.6) is 11.5 Å². The van der Waals surface area contributed by atoms with Gasteiger partial charge in [-0.25, -0.2) is 9.97 Å². The van der Waals surface area contributed by atoms with Gasteiger partial charge in [0.05, 0.1) is 5.69 Å². The second kappa shape index (κ2) is 6.37. The molecule has 2 atom stereocenters. The molecule has 1 saturated heterocycles. The Morgan fingerprint density at radius 1 is 1.30 bits per heavy atom. The van der Waals surface area contributed by atoms with Crippen LogP contribution >= 0.6 is 0 Å². The van der Waals surface area contributed by atoms with Gasteiger partial charge in [-0.05, 0) is 44.2 Å². The first-order chi connectivity index (χ1) is 13.2. The Morgan fingerprint density at radius 3 is 3.07 bits per heavy atom. The Balaban J connectivity index is 1.47. The molecule has 3 aromatic rings. The number of aliphatic hydroxyl groups excluding tert-OH is 1. The zero-order valence-electron chi connectivity index (χ0n) is 14.9. The molecule has 27 heavy (non-hydrogen) atoms. The van der Waals surface area contributed by atoms with Gasteiger partial charge >= 0.3 is 0 Å². The number of benzene rings is 1. The van der Waals surface area contributed by atoms with E-state index in [0.29, 0.717) is 22.8 Å². The molecule has 2 aliphatic rings. The zero-order chi connectivity index (χ0) is 18.4. The number of hydrogen-bond donors (Lipinski definition) is 2. The van der Waals surface area contributed by atoms with Crippen molar-refractivity contribution in [2.24, 2.45) is 0 Å². The molecule has 2 aromatic heterocycles. The molecule has 0 aliphatic carbocycles. The third-order valence-electron chi connectivity index (χ3n) is 4.88. The lowest BCUT2D eigenvalue weighted by Gasteiger charge is -2.23. The summed E-state index contributed by atoms with van der Waals surface area (Å²) in [4.78, 5) is 8.92. The van der Waals surface area contributed by atoms with Crippen LogP contribution in [0.2, 0.25) is 0 Å². The molecule has 2 aliphatic heterocycles. The fourth-order valence-corrected chi connectivity index (χ4v) is 3.45. The zero-order valence-corrected chi connectivity index (χ0v) is 14.9. The highest BCUT2D eigenvalue weighted by molar-refractivity contribution is 5.85. The lowest BCUT2D eigenvalue weighted by molar-refractivity contribution is 0.0315. The number of fused-ring (bicyclic) bond motifs is 2. The van der Waals surface area contributed by atoms with Gasteiger partial charge in [0.25, 0.3) is 0 Å². The van der Waals surface area contributed by atoms with Crippen molar-refractivity contribution in [3.05, 3.63) is 53.6 Å². The van der Waals surface area contributed by atoms with Crippen LogP contribution < -0.4 is 14.8 Å². The van der Waals surface area contributed by atoms with Crippen molar-refractivity contribution in [2.75, 3.05) is 13.1 Å². The molecule has 2 N–H and O–H groups in total. The summed E-state index contributed by atoms with van der Waals surface area (Å²) in [5, 5.41) is 13.8. The maximum Gasteiger partial charge on any atom is 0.234 e. The summed E-state index contributed by atoms with van der Waals surface area (Å²) in [7, 11) is 0. The minimum Gasteiger partial charge on any atom is -0.489 e. The Bertz CT molecular complexity index is 1040. The van der Waals surface area contributed by atoms with Gasteiger partial charge < -0.3 is 19.9 Å². The predicted octanol–water partition coefficient (Wildman–Crippen LogP) is 2.03. The third-order valence-corrected chi connectivity index (χ3v) is 4.88. The average Bonchev–Trinajstić information content (AvgIpc) is 3.30. The quantitative estimate of drug-likeness (QED) is 0.740. The molecule has 1 fully saturated rings. The van der Waals surface area contributed by atoms with Crippen LogP contribution in [0.15, 0.2) is 36.7 Å². The molecule has 5 rings (SSSR count). The maximum absolute atomic E-state index is 10.5. The molecule has 138 valence electrons. The summed E-state index contributed by atoms with van der Waals surface area (Å²) in [6.07, 6.45) is 5.73. The van der Waals surface area contributed by atoms with Crippen LogP contribution in [-0.2, 0) is 0 Å². The number of ether oxygens (including phenoxy) is 2. The molecule has 0 saturated carbocycles. The fraction of sp³-hybridized carbons (Fsp3) is 0.300. The fourth-order valence-electron chi connectivity index (χ4n) is 3.45. The number of nitrogens with one attached hydrogen (secondary N) is 1. The van der Waals surface area contributed by atoms with E-state index in [4.69, 9.17) is 9.47 Å². The molecule has 0 bridgehead atoms. The standard InChI is InChI=1S/C20H20N4O3/c1-12-5-7-24-11-17(23-20(24)22-12)16-8-13-2-3-14(9-18(13)27-19(16)25)26-15-4-6-21-10-15/h2-3,5,7-9,11,15,19,21,25H,4,6,10H2,1H3. The number of aromatic nitrogens is 3. The topological polar surface area (TPSA) is 80.9 Å². The predicted molar refractivity (Wildman–Crippen MR) is 101 cm³/mol. The van der Waals surface area contributed by atoms with E-state index in [1.807, 2.05) is 54.1 Å². The van der Waals surface area contributed by atoms with Crippen molar-refractivity contribution in [1.29, 1.82) is 0 Å². The summed E-state index contributed by atoms with van der Waals surface area (Å²) in [6, 6.07) is 7.62. The van der Waals surface area contributed by atoms with Crippen molar-refractivity contribution < 1.29 is 14.6 Å². The van der Waals surface area contributed by atoms with Crippen molar-refractivity contribution >= 4 is 17.4 Å². The molecule has 7 heteroatoms. The highest BCUT2D eigenvalue weighted by Gasteiger charge is 2.25. The number of hydrogen-bond acceptors (Lipinski definition) is 6. The first-order valence-corrected chi connectivity index (χ1v) is 9.06. The molecule has 4 heterocycles. The average molecular weight is 364 g/mol. The first kappa shape index (κ1) is 16.3. The molecule has 1 aromatic carbocycles. The molecular weight excluding hydrogens is 344 g/mol. The number of aryl methyl sites for hydroxylation is 1. The highest BCUT2D eigenvalue weighted by atomic mass is 16.6. The highest BCUT2D eigenvalue weighted by Crippen LogP contribution is 2.36. The molecule has 7 nitrogen and oxygen atoms in total. The number of rotatable bonds is 3. The third kappa shape index (κ3) is 3.05. The van der Waals surface area contributed by atoms with Gasteiger partial charge in [0.1, 0.15) is 17.6 Å². The molecule has 0 radical (unpaired) electrons. The first-order valence-electron chi connectivity index (χ1n) is 9.06. The Hall–Kier alpha value is -2.90. The van der Waals surface area contributed by atoms with Crippen molar-refractivity contribution in [3.8, 4) is 11.5 Å². The van der Waals surface area contributed by atoms with E-state index in [1.165, 1.54) is 0 Å². The number of nitrogens with zero attached hydrogens (tertiary/aromatic N) is 3. The van der Waals surface area contributed by atoms with Crippen molar-refractivity contribution in [2.45, 2.75) is 25.7 Å². The molecule has 2 unspecified atom stereocenters. The van der Waals surface area contributed by atoms with Crippen LogP contribution in [-0.4, -0.2) is 45.0 Å². The Morgan fingerprint density at radius 2 is 2.22 bits per heavy atom. The SMILES string of the molecule is Cc1ccn2cc(C3=Cc4ccc(OC5CCNC5)cc4OC3O)nc2n1. The minimum atomic E-state index is -1.09. The van der Waals surface area contributed by atoms with Gasteiger partial charge in [-0.3, -0.25) is 4.40 Å². The van der Waals surface area contributed by atoms with Gasteiger partial charge in [-0.15, -0.1) is 0 Å². The van der Waals surface area contributed by atoms with E-state index >= 15 is 0 Å². The van der Waals surface area contributed by atoms with Gasteiger partial charge in [0.2, 0.25) is 12.1 Å². The summed E-state index contributed by atoms with van der Waals surface area (Å²) in [5.74, 6) is 1.95. The molecular formula is C20H20N4O3. The van der Waals surface area contributed by atoms with Crippen LogP contribution in [0.3, 0.4) is 0 Å². The van der Waals surface area contributed by atoms with Gasteiger partial charge in [-0.1, -0.05) is 0 Å². The van der Waals surface area contributed by atoms with E-state index in [2.05, 4.69) is 15.3 Å². The van der Waals surface area contributed by atoms with Crippen LogP contribution in [0.4, 0.5) is 0 Å². The second-order valence-corrected chi connectivity index (χ2v) is 6.90. The van der Waals surface area contributed by atoms with E-state index in [0.717, 1.165) is 36.5 Å². The summed E-state index contributed by atoms with van der Waals surface area (Å²) < 4.78 is 13.5. The number of aliphatic hydroxyl groups is 1. The van der Waals surface area contributed by atoms with E-state index < -0.39 is 6.29 Å². The Labute approximate surface area is 156 Å². The Kier molecular flexibility index (Phi) is 3.84. The lowest BCUT2D eigenvalue weighted by Crippen LogP contribution is -2.22. The number of imidazole rings is 1. The molecule has 0 spiro atoms. The minimum absolute atomic E-state index is 0.177. The smallest absolute Gasteiger partial charge is 0.234 e. The van der Waals surface area contributed by atoms with Crippen molar-refractivity contribution in [3.63, 3.8) is 0 Å². The molecule has 0 amide bonds. The normalized spacial score (nSPS) is 21.6. The summed E-state index contributed by atoms with van der Waals surface area (Å²) in [6.45, 7) is 3.75. The van der Waals surface area contributed by atoms with Crippen LogP contribution in [0.1, 0.15) is 23.4 Å². The second-order valence-electron chi connectivity index (χ2n) is 6.90. The summed E-state index contributed by atoms with van der Waals surface area (Å²) >= 11 is 0. The van der Waals surface area contributed by atoms with Gasteiger partial charge in [0, 0.05) is 41.8 Å². The largest absolute Gasteiger partial charge is 0.489 e. The van der Waals surface area contributed by atoms with E-state index in [-0.39, 0.29) is 6.10 Å². The van der Waals surface area contributed by atoms with E-state index in [1.54, 1.807) is 0 Å². The summed E-state index contributed by atoms with van der Waals surface area (Å²) in [5.41, 5.74) is 3.03. The lowest BCUT2D eigenvalue weighted by atomic mass is 10.0. The van der Waals surface area contributed by atoms with Crippen molar-refractivity contribution in [1.82, 2.24) is 19.7 Å². The van der Waals surface area contributed by atoms with E-state index in [9.17, 15) is 5.11 Å². The van der Waals surface area contributed by atoms with Gasteiger partial charge in [-0.2, -0.15) is 0 Å². The monoisotopic (exact) mass is 364 g/mol. The van der Waals surface area contributed by atoms with Crippen LogP contribution in [0.25, 0.3) is 17.4 Å².